The predicted octanol–water partition coefficient (Wildman–Crippen LogP) is 2.99. The maximum Gasteiger partial charge on any atom is 0.241 e. The van der Waals surface area contributed by atoms with Crippen LogP contribution < -0.4 is 19.9 Å². The van der Waals surface area contributed by atoms with Crippen LogP contribution in [0.3, 0.4) is 0 Å². The Hall–Kier alpha value is -2.69. The third kappa shape index (κ3) is 2.95. The van der Waals surface area contributed by atoms with Crippen LogP contribution in [0.5, 0.6) is 11.5 Å². The van der Waals surface area contributed by atoms with Crippen molar-refractivity contribution >= 4 is 11.6 Å². The van der Waals surface area contributed by atoms with Crippen LogP contribution in [-0.4, -0.2) is 20.1 Å². The van der Waals surface area contributed by atoms with Crippen molar-refractivity contribution in [2.45, 2.75) is 19.4 Å². The standard InChI is InChI=1S/C18H20N2O3/c1-12-4-7-14(8-5-12)20-15(11-18(21)19-20)13-6-9-16(22-2)17(10-13)23-3/h4-10,15H,11H2,1-3H3,(H,19,21)/t15-/m1/s1. The molecule has 0 saturated carbocycles. The molecule has 0 bridgehead atoms. The molecule has 1 fully saturated rings. The summed E-state index contributed by atoms with van der Waals surface area (Å²) >= 11 is 0. The van der Waals surface area contributed by atoms with Gasteiger partial charge in [0.1, 0.15) is 0 Å². The molecule has 0 aromatic heterocycles. The van der Waals surface area contributed by atoms with Gasteiger partial charge in [-0.3, -0.25) is 15.2 Å². The number of carbonyl (C=O) groups is 1. The first-order valence-electron chi connectivity index (χ1n) is 7.49. The number of ether oxygens (including phenoxy) is 2. The molecule has 1 aliphatic heterocycles. The first-order chi connectivity index (χ1) is 11.1. The number of methoxy groups -OCH3 is 2. The Labute approximate surface area is 135 Å². The van der Waals surface area contributed by atoms with Gasteiger partial charge >= 0.3 is 0 Å². The lowest BCUT2D eigenvalue weighted by molar-refractivity contribution is -0.119. The summed E-state index contributed by atoms with van der Waals surface area (Å²) in [6.45, 7) is 2.04. The second-order valence-electron chi connectivity index (χ2n) is 5.57. The van der Waals surface area contributed by atoms with Crippen LogP contribution in [-0.2, 0) is 4.79 Å². The summed E-state index contributed by atoms with van der Waals surface area (Å²) in [4.78, 5) is 11.9. The van der Waals surface area contributed by atoms with Crippen LogP contribution >= 0.6 is 0 Å². The van der Waals surface area contributed by atoms with Crippen molar-refractivity contribution in [2.75, 3.05) is 19.2 Å². The van der Waals surface area contributed by atoms with E-state index >= 15 is 0 Å². The first-order valence-corrected chi connectivity index (χ1v) is 7.49. The quantitative estimate of drug-likeness (QED) is 0.943. The van der Waals surface area contributed by atoms with Gasteiger partial charge < -0.3 is 9.47 Å². The molecule has 1 amide bonds. The molecule has 1 N–H and O–H groups in total. The lowest BCUT2D eigenvalue weighted by Crippen LogP contribution is -2.34. The van der Waals surface area contributed by atoms with E-state index in [9.17, 15) is 4.79 Å². The number of carbonyl (C=O) groups excluding carboxylic acids is 1. The zero-order chi connectivity index (χ0) is 16.4. The van der Waals surface area contributed by atoms with Gasteiger partial charge in [-0.15, -0.1) is 0 Å². The van der Waals surface area contributed by atoms with E-state index in [1.807, 2.05) is 54.4 Å². The second-order valence-corrected chi connectivity index (χ2v) is 5.57. The van der Waals surface area contributed by atoms with Crippen LogP contribution in [0, 0.1) is 6.92 Å². The molecule has 0 spiro atoms. The number of hydrogen-bond acceptors (Lipinski definition) is 4. The Bertz CT molecular complexity index is 713. The summed E-state index contributed by atoms with van der Waals surface area (Å²) in [5, 5.41) is 1.91. The highest BCUT2D eigenvalue weighted by Gasteiger charge is 2.32. The van der Waals surface area contributed by atoms with E-state index < -0.39 is 0 Å². The predicted molar refractivity (Wildman–Crippen MR) is 88.7 cm³/mol. The fourth-order valence-electron chi connectivity index (χ4n) is 2.80. The Balaban J connectivity index is 1.96. The molecule has 0 radical (unpaired) electrons. The molecular formula is C18H20N2O3. The van der Waals surface area contributed by atoms with E-state index in [0.29, 0.717) is 17.9 Å². The molecule has 1 heterocycles. The molecule has 3 rings (SSSR count). The summed E-state index contributed by atoms with van der Waals surface area (Å²) in [5.74, 6) is 1.34. The smallest absolute Gasteiger partial charge is 0.241 e. The van der Waals surface area contributed by atoms with Gasteiger partial charge in [0.15, 0.2) is 11.5 Å². The third-order valence-electron chi connectivity index (χ3n) is 4.04. The maximum absolute atomic E-state index is 11.9. The minimum absolute atomic E-state index is 0.00496. The summed E-state index contributed by atoms with van der Waals surface area (Å²) in [6.07, 6.45) is 0.406. The third-order valence-corrected chi connectivity index (χ3v) is 4.04. The van der Waals surface area contributed by atoms with Crippen molar-refractivity contribution in [3.63, 3.8) is 0 Å². The van der Waals surface area contributed by atoms with E-state index in [-0.39, 0.29) is 11.9 Å². The summed E-state index contributed by atoms with van der Waals surface area (Å²) in [5.41, 5.74) is 6.07. The van der Waals surface area contributed by atoms with Crippen LogP contribution in [0.1, 0.15) is 23.6 Å². The number of hydrogen-bond donors (Lipinski definition) is 1. The topological polar surface area (TPSA) is 50.8 Å². The number of rotatable bonds is 4. The highest BCUT2D eigenvalue weighted by atomic mass is 16.5. The SMILES string of the molecule is COc1ccc([C@H]2CC(=O)NN2c2ccc(C)cc2)cc1OC. The highest BCUT2D eigenvalue weighted by Crippen LogP contribution is 2.36. The molecule has 1 aliphatic rings. The van der Waals surface area contributed by atoms with Gasteiger partial charge in [-0.2, -0.15) is 0 Å². The molecule has 0 aliphatic carbocycles. The van der Waals surface area contributed by atoms with Crippen molar-refractivity contribution in [3.05, 3.63) is 53.6 Å². The molecule has 23 heavy (non-hydrogen) atoms. The lowest BCUT2D eigenvalue weighted by atomic mass is 10.0. The van der Waals surface area contributed by atoms with Gasteiger partial charge in [-0.1, -0.05) is 23.8 Å². The van der Waals surface area contributed by atoms with Gasteiger partial charge in [-0.25, -0.2) is 0 Å². The normalized spacial score (nSPS) is 17.1. The lowest BCUT2D eigenvalue weighted by Gasteiger charge is -2.26. The van der Waals surface area contributed by atoms with E-state index in [1.165, 1.54) is 5.56 Å². The van der Waals surface area contributed by atoms with Crippen molar-refractivity contribution in [1.29, 1.82) is 0 Å². The van der Waals surface area contributed by atoms with Crippen LogP contribution in [0.4, 0.5) is 5.69 Å². The second kappa shape index (κ2) is 6.20. The van der Waals surface area contributed by atoms with Gasteiger partial charge in [0, 0.05) is 0 Å². The maximum atomic E-state index is 11.9. The van der Waals surface area contributed by atoms with Crippen LogP contribution in [0.15, 0.2) is 42.5 Å². The van der Waals surface area contributed by atoms with Gasteiger partial charge in [0.25, 0.3) is 0 Å². The largest absolute Gasteiger partial charge is 0.493 e. The fourth-order valence-corrected chi connectivity index (χ4v) is 2.80. The summed E-state index contributed by atoms with van der Waals surface area (Å²) in [7, 11) is 3.22. The van der Waals surface area contributed by atoms with Crippen LogP contribution in [0.2, 0.25) is 0 Å². The molecule has 1 atom stereocenters. The average molecular weight is 312 g/mol. The number of anilines is 1. The molecule has 120 valence electrons. The molecule has 5 heteroatoms. The number of nitrogens with zero attached hydrogens (tertiary/aromatic N) is 1. The van der Waals surface area contributed by atoms with Crippen molar-refractivity contribution in [2.24, 2.45) is 0 Å². The number of amides is 1. The molecule has 1 saturated heterocycles. The number of benzene rings is 2. The Morgan fingerprint density at radius 1 is 1.04 bits per heavy atom. The molecule has 2 aromatic rings. The molecule has 2 aromatic carbocycles. The molecule has 0 unspecified atom stereocenters. The number of aryl methyl sites for hydroxylation is 1. The summed E-state index contributed by atoms with van der Waals surface area (Å²) < 4.78 is 10.6. The molecule has 5 nitrogen and oxygen atoms in total. The zero-order valence-electron chi connectivity index (χ0n) is 13.5. The van der Waals surface area contributed by atoms with Gasteiger partial charge in [0.2, 0.25) is 5.91 Å². The fraction of sp³-hybridized carbons (Fsp3) is 0.278. The van der Waals surface area contributed by atoms with Crippen LogP contribution in [0.25, 0.3) is 0 Å². The zero-order valence-corrected chi connectivity index (χ0v) is 13.5. The monoisotopic (exact) mass is 312 g/mol. The van der Waals surface area contributed by atoms with E-state index in [4.69, 9.17) is 9.47 Å². The van der Waals surface area contributed by atoms with Crippen molar-refractivity contribution in [3.8, 4) is 11.5 Å². The number of hydrazine groups is 1. The van der Waals surface area contributed by atoms with Gasteiger partial charge in [-0.05, 0) is 36.8 Å². The number of nitrogens with one attached hydrogen (secondary N) is 1. The first kappa shape index (κ1) is 15.2. The molecular weight excluding hydrogens is 292 g/mol. The average Bonchev–Trinajstić information content (AvgIpc) is 2.96. The minimum Gasteiger partial charge on any atom is -0.493 e. The van der Waals surface area contributed by atoms with Crippen molar-refractivity contribution < 1.29 is 14.3 Å². The Morgan fingerprint density at radius 2 is 1.74 bits per heavy atom. The van der Waals surface area contributed by atoms with Gasteiger partial charge in [0.05, 0.1) is 32.4 Å². The van der Waals surface area contributed by atoms with Crippen molar-refractivity contribution in [1.82, 2.24) is 5.43 Å². The minimum atomic E-state index is -0.0787. The van der Waals surface area contributed by atoms with E-state index in [1.54, 1.807) is 14.2 Å². The summed E-state index contributed by atoms with van der Waals surface area (Å²) in [6, 6.07) is 13.8. The van der Waals surface area contributed by atoms with E-state index in [2.05, 4.69) is 5.43 Å². The Kier molecular flexibility index (Phi) is 4.10. The van der Waals surface area contributed by atoms with E-state index in [0.717, 1.165) is 11.3 Å². The highest BCUT2D eigenvalue weighted by molar-refractivity contribution is 5.83. The Morgan fingerprint density at radius 3 is 2.39 bits per heavy atom.